The third-order valence-electron chi connectivity index (χ3n) is 2.37. The Kier molecular flexibility index (Phi) is 2.47. The van der Waals surface area contributed by atoms with Gasteiger partial charge in [-0.3, -0.25) is 0 Å². The van der Waals surface area contributed by atoms with Crippen LogP contribution < -0.4 is 5.32 Å². The molecule has 0 saturated carbocycles. The Labute approximate surface area is 82.4 Å². The number of aliphatic hydroxyl groups is 1. The van der Waals surface area contributed by atoms with Gasteiger partial charge in [0.05, 0.1) is 18.3 Å². The molecule has 0 amide bonds. The molecule has 2 N–H and O–H groups in total. The standard InChI is InChI=1S/C10H13NOS/c1-13-9-4-2-3-7-5-8(6-12)11-10(7)9/h2-4,8,11-12H,5-6H2,1H3. The topological polar surface area (TPSA) is 32.3 Å². The lowest BCUT2D eigenvalue weighted by Gasteiger charge is -2.08. The molecule has 2 nitrogen and oxygen atoms in total. The zero-order valence-electron chi connectivity index (χ0n) is 7.58. The van der Waals surface area contributed by atoms with Crippen molar-refractivity contribution in [2.24, 2.45) is 0 Å². The third-order valence-corrected chi connectivity index (χ3v) is 3.15. The molecule has 1 heterocycles. The number of fused-ring (bicyclic) bond motifs is 1. The molecule has 1 atom stereocenters. The Morgan fingerprint density at radius 1 is 1.62 bits per heavy atom. The number of hydrogen-bond donors (Lipinski definition) is 2. The molecule has 13 heavy (non-hydrogen) atoms. The molecule has 70 valence electrons. The fraction of sp³-hybridized carbons (Fsp3) is 0.400. The number of aliphatic hydroxyl groups excluding tert-OH is 1. The smallest absolute Gasteiger partial charge is 0.0636 e. The van der Waals surface area contributed by atoms with Crippen molar-refractivity contribution in [1.29, 1.82) is 0 Å². The maximum absolute atomic E-state index is 9.03. The van der Waals surface area contributed by atoms with E-state index in [-0.39, 0.29) is 12.6 Å². The zero-order valence-corrected chi connectivity index (χ0v) is 8.40. The predicted octanol–water partition coefficient (Wildman–Crippen LogP) is 1.74. The molecule has 0 aromatic heterocycles. The molecule has 3 heteroatoms. The fourth-order valence-electron chi connectivity index (χ4n) is 1.71. The van der Waals surface area contributed by atoms with Crippen molar-refractivity contribution >= 4 is 17.4 Å². The van der Waals surface area contributed by atoms with E-state index in [1.54, 1.807) is 11.8 Å². The molecule has 0 fully saturated rings. The molecule has 0 saturated heterocycles. The average molecular weight is 195 g/mol. The number of anilines is 1. The Morgan fingerprint density at radius 2 is 2.46 bits per heavy atom. The van der Waals surface area contributed by atoms with Gasteiger partial charge in [-0.25, -0.2) is 0 Å². The Hall–Kier alpha value is -0.670. The van der Waals surface area contributed by atoms with E-state index >= 15 is 0 Å². The summed E-state index contributed by atoms with van der Waals surface area (Å²) in [4.78, 5) is 1.27. The number of thioether (sulfide) groups is 1. The first-order chi connectivity index (χ1) is 6.35. The van der Waals surface area contributed by atoms with Crippen molar-refractivity contribution < 1.29 is 5.11 Å². The summed E-state index contributed by atoms with van der Waals surface area (Å²) < 4.78 is 0. The van der Waals surface area contributed by atoms with Crippen LogP contribution in [-0.2, 0) is 6.42 Å². The highest BCUT2D eigenvalue weighted by molar-refractivity contribution is 7.98. The summed E-state index contributed by atoms with van der Waals surface area (Å²) in [6.07, 6.45) is 3.02. The minimum atomic E-state index is 0.211. The van der Waals surface area contributed by atoms with Gasteiger partial charge in [0.15, 0.2) is 0 Å². The van der Waals surface area contributed by atoms with E-state index in [4.69, 9.17) is 5.11 Å². The Morgan fingerprint density at radius 3 is 3.15 bits per heavy atom. The lowest BCUT2D eigenvalue weighted by molar-refractivity contribution is 0.277. The number of rotatable bonds is 2. The zero-order chi connectivity index (χ0) is 9.26. The quantitative estimate of drug-likeness (QED) is 0.705. The molecule has 2 rings (SSSR count). The van der Waals surface area contributed by atoms with Crippen LogP contribution in [0.4, 0.5) is 5.69 Å². The van der Waals surface area contributed by atoms with Crippen molar-refractivity contribution in [2.45, 2.75) is 17.4 Å². The second kappa shape index (κ2) is 3.60. The predicted molar refractivity (Wildman–Crippen MR) is 56.4 cm³/mol. The lowest BCUT2D eigenvalue weighted by Crippen LogP contribution is -2.19. The van der Waals surface area contributed by atoms with Crippen LogP contribution in [0.25, 0.3) is 0 Å². The highest BCUT2D eigenvalue weighted by Gasteiger charge is 2.21. The van der Waals surface area contributed by atoms with Crippen molar-refractivity contribution in [2.75, 3.05) is 18.2 Å². The van der Waals surface area contributed by atoms with Crippen molar-refractivity contribution in [1.82, 2.24) is 0 Å². The van der Waals surface area contributed by atoms with E-state index < -0.39 is 0 Å². The van der Waals surface area contributed by atoms with E-state index in [0.29, 0.717) is 0 Å². The summed E-state index contributed by atoms with van der Waals surface area (Å²) in [5.41, 5.74) is 2.54. The summed E-state index contributed by atoms with van der Waals surface area (Å²) in [5, 5.41) is 12.4. The molecule has 1 unspecified atom stereocenters. The third kappa shape index (κ3) is 1.54. The van der Waals surface area contributed by atoms with Gasteiger partial charge in [-0.2, -0.15) is 0 Å². The minimum absolute atomic E-state index is 0.211. The van der Waals surface area contributed by atoms with Crippen LogP contribution in [0.1, 0.15) is 5.56 Å². The van der Waals surface area contributed by atoms with Crippen LogP contribution in [0.3, 0.4) is 0 Å². The van der Waals surface area contributed by atoms with Gasteiger partial charge >= 0.3 is 0 Å². The first kappa shape index (κ1) is 8.91. The van der Waals surface area contributed by atoms with Gasteiger partial charge < -0.3 is 10.4 Å². The molecule has 1 aromatic carbocycles. The molecule has 0 aliphatic carbocycles. The van der Waals surface area contributed by atoms with Crippen LogP contribution in [0, 0.1) is 0 Å². The van der Waals surface area contributed by atoms with Crippen LogP contribution in [0.15, 0.2) is 23.1 Å². The van der Waals surface area contributed by atoms with Gasteiger partial charge in [-0.1, -0.05) is 12.1 Å². The van der Waals surface area contributed by atoms with E-state index in [0.717, 1.165) is 6.42 Å². The SMILES string of the molecule is CSc1cccc2c1NC(CO)C2. The average Bonchev–Trinajstić information content (AvgIpc) is 2.59. The van der Waals surface area contributed by atoms with Crippen LogP contribution in [0.2, 0.25) is 0 Å². The molecular formula is C10H13NOS. The van der Waals surface area contributed by atoms with Gasteiger partial charge in [0, 0.05) is 4.90 Å². The lowest BCUT2D eigenvalue weighted by atomic mass is 10.1. The summed E-state index contributed by atoms with van der Waals surface area (Å²) in [6.45, 7) is 0.211. The van der Waals surface area contributed by atoms with Crippen LogP contribution >= 0.6 is 11.8 Å². The van der Waals surface area contributed by atoms with Gasteiger partial charge in [0.2, 0.25) is 0 Å². The van der Waals surface area contributed by atoms with Gasteiger partial charge in [-0.05, 0) is 24.3 Å². The number of benzene rings is 1. The monoisotopic (exact) mass is 195 g/mol. The summed E-state index contributed by atoms with van der Waals surface area (Å²) in [7, 11) is 0. The molecule has 1 aromatic rings. The summed E-state index contributed by atoms with van der Waals surface area (Å²) in [5.74, 6) is 0. The normalized spacial score (nSPS) is 19.7. The molecule has 1 aliphatic rings. The van der Waals surface area contributed by atoms with E-state index in [1.807, 2.05) is 0 Å². The van der Waals surface area contributed by atoms with Crippen LogP contribution in [0.5, 0.6) is 0 Å². The van der Waals surface area contributed by atoms with Crippen LogP contribution in [-0.4, -0.2) is 24.0 Å². The molecule has 0 radical (unpaired) electrons. The van der Waals surface area contributed by atoms with E-state index in [2.05, 4.69) is 29.8 Å². The summed E-state index contributed by atoms with van der Waals surface area (Å²) in [6, 6.07) is 6.52. The highest BCUT2D eigenvalue weighted by atomic mass is 32.2. The Balaban J connectivity index is 2.33. The number of nitrogens with one attached hydrogen (secondary N) is 1. The van der Waals surface area contributed by atoms with E-state index in [9.17, 15) is 0 Å². The van der Waals surface area contributed by atoms with Gasteiger partial charge in [0.1, 0.15) is 0 Å². The molecular weight excluding hydrogens is 182 g/mol. The fourth-order valence-corrected chi connectivity index (χ4v) is 2.32. The second-order valence-corrected chi connectivity index (χ2v) is 4.07. The maximum Gasteiger partial charge on any atom is 0.0636 e. The second-order valence-electron chi connectivity index (χ2n) is 3.22. The largest absolute Gasteiger partial charge is 0.394 e. The van der Waals surface area contributed by atoms with Crippen molar-refractivity contribution in [3.63, 3.8) is 0 Å². The number of hydrogen-bond acceptors (Lipinski definition) is 3. The number of para-hydroxylation sites is 1. The van der Waals surface area contributed by atoms with E-state index in [1.165, 1.54) is 16.1 Å². The summed E-state index contributed by atoms with van der Waals surface area (Å²) >= 11 is 1.74. The molecule has 0 spiro atoms. The maximum atomic E-state index is 9.03. The Bertz CT molecular complexity index is 314. The van der Waals surface area contributed by atoms with Crippen molar-refractivity contribution in [3.05, 3.63) is 23.8 Å². The molecule has 0 bridgehead atoms. The minimum Gasteiger partial charge on any atom is -0.394 e. The van der Waals surface area contributed by atoms with Gasteiger partial charge in [-0.15, -0.1) is 11.8 Å². The first-order valence-corrected chi connectivity index (χ1v) is 5.61. The highest BCUT2D eigenvalue weighted by Crippen LogP contribution is 2.34. The van der Waals surface area contributed by atoms with Crippen molar-refractivity contribution in [3.8, 4) is 0 Å². The first-order valence-electron chi connectivity index (χ1n) is 4.38. The molecule has 1 aliphatic heterocycles. The van der Waals surface area contributed by atoms with Gasteiger partial charge in [0.25, 0.3) is 0 Å².